The highest BCUT2D eigenvalue weighted by Crippen LogP contribution is 2.18. The lowest BCUT2D eigenvalue weighted by Gasteiger charge is -2.18. The number of allylic oxidation sites excluding steroid dienone is 16. The molecule has 0 aliphatic heterocycles. The SMILES string of the molecule is CC/C=C\C/C=C\C/C=C\C/C=C\CCC(=O)OCC(COC(=O)CCCCCCCCCCCCCCCCCCCCCCCCC/C=C\C/C=C\CCCCCCC)OC(=O)CCCCCCCCC/C=C\C/C=C\CCCCC. The second-order valence-electron chi connectivity index (χ2n) is 23.8. The van der Waals surface area contributed by atoms with E-state index < -0.39 is 6.10 Å². The number of hydrogen-bond acceptors (Lipinski definition) is 6. The van der Waals surface area contributed by atoms with E-state index in [-0.39, 0.29) is 37.5 Å². The van der Waals surface area contributed by atoms with Gasteiger partial charge in [0.1, 0.15) is 13.2 Å². The van der Waals surface area contributed by atoms with Crippen LogP contribution in [-0.4, -0.2) is 37.2 Å². The van der Waals surface area contributed by atoms with Crippen LogP contribution in [0.5, 0.6) is 0 Å². The highest BCUT2D eigenvalue weighted by Gasteiger charge is 2.19. The maximum atomic E-state index is 12.9. The number of esters is 3. The van der Waals surface area contributed by atoms with Gasteiger partial charge in [-0.15, -0.1) is 0 Å². The third-order valence-corrected chi connectivity index (χ3v) is 15.6. The van der Waals surface area contributed by atoms with E-state index >= 15 is 0 Å². The quantitative estimate of drug-likeness (QED) is 0.0261. The summed E-state index contributed by atoms with van der Waals surface area (Å²) >= 11 is 0. The van der Waals surface area contributed by atoms with Crippen LogP contribution in [0.15, 0.2) is 97.2 Å². The molecule has 1 atom stereocenters. The number of carbonyl (C=O) groups is 3. The lowest BCUT2D eigenvalue weighted by Crippen LogP contribution is -2.30. The van der Waals surface area contributed by atoms with E-state index in [2.05, 4.69) is 112 Å². The molecule has 0 saturated carbocycles. The summed E-state index contributed by atoms with van der Waals surface area (Å²) in [6, 6.07) is 0. The predicted molar refractivity (Wildman–Crippen MR) is 362 cm³/mol. The molecule has 0 aromatic heterocycles. The third kappa shape index (κ3) is 69.0. The molecule has 0 bridgehead atoms. The molecule has 83 heavy (non-hydrogen) atoms. The molecule has 0 spiro atoms. The van der Waals surface area contributed by atoms with E-state index in [0.717, 1.165) is 83.5 Å². The second-order valence-corrected chi connectivity index (χ2v) is 23.8. The van der Waals surface area contributed by atoms with Crippen molar-refractivity contribution in [1.29, 1.82) is 0 Å². The summed E-state index contributed by atoms with van der Waals surface area (Å²) in [5, 5.41) is 0. The van der Waals surface area contributed by atoms with Gasteiger partial charge in [-0.3, -0.25) is 14.4 Å². The van der Waals surface area contributed by atoms with Crippen molar-refractivity contribution in [3.63, 3.8) is 0 Å². The predicted octanol–water partition coefficient (Wildman–Crippen LogP) is 24.8. The Kier molecular flexibility index (Phi) is 67.7. The highest BCUT2D eigenvalue weighted by molar-refractivity contribution is 5.71. The molecule has 0 aliphatic carbocycles. The molecule has 0 aromatic rings. The lowest BCUT2D eigenvalue weighted by atomic mass is 10.0. The fourth-order valence-corrected chi connectivity index (χ4v) is 10.2. The Hall–Kier alpha value is -3.67. The molecule has 478 valence electrons. The van der Waals surface area contributed by atoms with Crippen molar-refractivity contribution in [3.05, 3.63) is 97.2 Å². The summed E-state index contributed by atoms with van der Waals surface area (Å²) < 4.78 is 16.9. The van der Waals surface area contributed by atoms with Crippen LogP contribution in [0.3, 0.4) is 0 Å². The smallest absolute Gasteiger partial charge is 0.306 e. The first-order chi connectivity index (χ1) is 41.0. The first-order valence-corrected chi connectivity index (χ1v) is 35.7. The largest absolute Gasteiger partial charge is 0.462 e. The highest BCUT2D eigenvalue weighted by atomic mass is 16.6. The number of rotatable bonds is 65. The first-order valence-electron chi connectivity index (χ1n) is 35.7. The van der Waals surface area contributed by atoms with Crippen LogP contribution in [0.2, 0.25) is 0 Å². The Bertz CT molecular complexity index is 1610. The average molecular weight is 1160 g/mol. The van der Waals surface area contributed by atoms with Gasteiger partial charge in [-0.1, -0.05) is 323 Å². The first kappa shape index (κ1) is 79.3. The standard InChI is InChI=1S/C77H134O6/c1-4-7-10-13-16-19-22-25-27-29-30-31-32-33-34-35-36-37-38-39-40-41-42-43-44-45-46-48-49-52-55-58-61-64-67-70-76(79)82-73-74(72-81-75(78)69-66-63-60-57-54-51-24-21-18-15-12-9-6-3)83-77(80)71-68-65-62-59-56-53-50-47-28-26-23-20-17-14-11-8-5-2/h9,12,17-18,20-22,25-26,28-30,51,54,60,63,74H,4-8,10-11,13-16,19,23-24,27,31-50,52-53,55-59,61-62,64-73H2,1-3H3/b12-9-,20-17-,21-18-,25-22-,28-26-,30-29-,54-51-,63-60-. The fraction of sp³-hybridized carbons (Fsp3) is 0.753. The van der Waals surface area contributed by atoms with Crippen LogP contribution in [0, 0.1) is 0 Å². The summed E-state index contributed by atoms with van der Waals surface area (Å²) in [7, 11) is 0. The monoisotopic (exact) mass is 1160 g/mol. The minimum Gasteiger partial charge on any atom is -0.462 e. The third-order valence-electron chi connectivity index (χ3n) is 15.6. The minimum absolute atomic E-state index is 0.1000. The number of ether oxygens (including phenoxy) is 3. The van der Waals surface area contributed by atoms with Crippen molar-refractivity contribution in [2.75, 3.05) is 13.2 Å². The van der Waals surface area contributed by atoms with Gasteiger partial charge in [-0.2, -0.15) is 0 Å². The van der Waals surface area contributed by atoms with Crippen LogP contribution in [0.4, 0.5) is 0 Å². The average Bonchev–Trinajstić information content (AvgIpc) is 3.49. The normalized spacial score (nSPS) is 12.7. The van der Waals surface area contributed by atoms with Crippen molar-refractivity contribution in [2.45, 2.75) is 361 Å². The van der Waals surface area contributed by atoms with E-state index in [1.807, 2.05) is 6.08 Å². The minimum atomic E-state index is -0.811. The topological polar surface area (TPSA) is 78.9 Å². The Balaban J connectivity index is 4.14. The van der Waals surface area contributed by atoms with Gasteiger partial charge in [0.15, 0.2) is 6.10 Å². The van der Waals surface area contributed by atoms with Crippen molar-refractivity contribution in [1.82, 2.24) is 0 Å². The fourth-order valence-electron chi connectivity index (χ4n) is 10.2. The van der Waals surface area contributed by atoms with Crippen molar-refractivity contribution in [3.8, 4) is 0 Å². The molecule has 0 aliphatic rings. The molecular formula is C77H134O6. The molecule has 0 amide bonds. The number of hydrogen-bond donors (Lipinski definition) is 0. The van der Waals surface area contributed by atoms with E-state index in [0.29, 0.717) is 19.3 Å². The van der Waals surface area contributed by atoms with Crippen LogP contribution in [0.1, 0.15) is 355 Å². The molecular weight excluding hydrogens is 1020 g/mol. The van der Waals surface area contributed by atoms with Gasteiger partial charge in [0.25, 0.3) is 0 Å². The molecule has 0 radical (unpaired) electrons. The lowest BCUT2D eigenvalue weighted by molar-refractivity contribution is -0.166. The molecule has 0 aromatic carbocycles. The molecule has 0 fully saturated rings. The van der Waals surface area contributed by atoms with Gasteiger partial charge < -0.3 is 14.2 Å². The van der Waals surface area contributed by atoms with Gasteiger partial charge in [-0.05, 0) is 109 Å². The molecule has 1 unspecified atom stereocenters. The van der Waals surface area contributed by atoms with Crippen LogP contribution < -0.4 is 0 Å². The van der Waals surface area contributed by atoms with E-state index in [9.17, 15) is 14.4 Å². The molecule has 0 rings (SSSR count). The Morgan fingerprint density at radius 3 is 0.831 bits per heavy atom. The van der Waals surface area contributed by atoms with Crippen molar-refractivity contribution < 1.29 is 28.6 Å². The van der Waals surface area contributed by atoms with E-state index in [4.69, 9.17) is 14.2 Å². The molecule has 0 N–H and O–H groups in total. The number of unbranched alkanes of at least 4 members (excludes halogenated alkanes) is 38. The Morgan fingerprint density at radius 2 is 0.494 bits per heavy atom. The van der Waals surface area contributed by atoms with Crippen LogP contribution in [-0.2, 0) is 28.6 Å². The zero-order valence-electron chi connectivity index (χ0n) is 54.9. The van der Waals surface area contributed by atoms with Gasteiger partial charge in [0.05, 0.1) is 0 Å². The maximum absolute atomic E-state index is 12.9. The zero-order chi connectivity index (χ0) is 59.9. The molecule has 6 nitrogen and oxygen atoms in total. The molecule has 0 heterocycles. The van der Waals surface area contributed by atoms with Gasteiger partial charge in [0, 0.05) is 19.3 Å². The van der Waals surface area contributed by atoms with Crippen molar-refractivity contribution in [2.24, 2.45) is 0 Å². The Morgan fingerprint density at radius 1 is 0.253 bits per heavy atom. The summed E-state index contributed by atoms with van der Waals surface area (Å²) in [5.74, 6) is -0.980. The van der Waals surface area contributed by atoms with Gasteiger partial charge >= 0.3 is 17.9 Å². The summed E-state index contributed by atoms with van der Waals surface area (Å²) in [6.07, 6.45) is 96.2. The molecule has 6 heteroatoms. The van der Waals surface area contributed by atoms with Crippen molar-refractivity contribution >= 4 is 17.9 Å². The van der Waals surface area contributed by atoms with E-state index in [1.165, 1.54) is 225 Å². The molecule has 0 saturated heterocycles. The van der Waals surface area contributed by atoms with Crippen LogP contribution >= 0.6 is 0 Å². The second kappa shape index (κ2) is 70.8. The maximum Gasteiger partial charge on any atom is 0.306 e. The van der Waals surface area contributed by atoms with Gasteiger partial charge in [-0.25, -0.2) is 0 Å². The van der Waals surface area contributed by atoms with Crippen LogP contribution in [0.25, 0.3) is 0 Å². The summed E-state index contributed by atoms with van der Waals surface area (Å²) in [5.41, 5.74) is 0. The number of carbonyl (C=O) groups excluding carboxylic acids is 3. The van der Waals surface area contributed by atoms with E-state index in [1.54, 1.807) is 0 Å². The summed E-state index contributed by atoms with van der Waals surface area (Å²) in [4.78, 5) is 38.3. The van der Waals surface area contributed by atoms with Gasteiger partial charge in [0.2, 0.25) is 0 Å². The summed E-state index contributed by atoms with van der Waals surface area (Å²) in [6.45, 7) is 6.45. The Labute approximate surface area is 515 Å². The zero-order valence-corrected chi connectivity index (χ0v) is 54.9.